The molecule has 0 saturated heterocycles. The second-order valence-electron chi connectivity index (χ2n) is 3.65. The maximum absolute atomic E-state index is 5.65. The van der Waals surface area contributed by atoms with E-state index in [0.29, 0.717) is 19.0 Å². The van der Waals surface area contributed by atoms with Gasteiger partial charge in [0, 0.05) is 6.20 Å². The average molecular weight is 312 g/mol. The van der Waals surface area contributed by atoms with E-state index >= 15 is 0 Å². The van der Waals surface area contributed by atoms with Gasteiger partial charge in [0.15, 0.2) is 0 Å². The minimum Gasteiger partial charge on any atom is -0.497 e. The summed E-state index contributed by atoms with van der Waals surface area (Å²) in [5, 5.41) is 4.07. The van der Waals surface area contributed by atoms with Crippen molar-refractivity contribution in [1.82, 2.24) is 9.78 Å². The van der Waals surface area contributed by atoms with Gasteiger partial charge >= 0.3 is 0 Å². The van der Waals surface area contributed by atoms with Gasteiger partial charge in [-0.1, -0.05) is 0 Å². The molecule has 0 unspecified atom stereocenters. The smallest absolute Gasteiger partial charge is 0.145 e. The molecule has 0 radical (unpaired) electrons. The van der Waals surface area contributed by atoms with Crippen molar-refractivity contribution in [2.24, 2.45) is 0 Å². The number of nitrogens with zero attached hydrogens (tertiary/aromatic N) is 2. The molecule has 1 heterocycles. The molecule has 96 valence electrons. The van der Waals surface area contributed by atoms with Gasteiger partial charge in [0.25, 0.3) is 0 Å². The molecule has 0 amide bonds. The van der Waals surface area contributed by atoms with Crippen LogP contribution in [0, 0.1) is 0 Å². The lowest BCUT2D eigenvalue weighted by molar-refractivity contribution is 0.289. The Labute approximate surface area is 114 Å². The van der Waals surface area contributed by atoms with Crippen molar-refractivity contribution in [2.45, 2.75) is 6.54 Å². The first-order valence-electron chi connectivity index (χ1n) is 5.44. The number of aromatic nitrogens is 2. The highest BCUT2D eigenvalue weighted by Crippen LogP contribution is 2.28. The van der Waals surface area contributed by atoms with Gasteiger partial charge in [-0.2, -0.15) is 5.10 Å². The van der Waals surface area contributed by atoms with E-state index in [9.17, 15) is 0 Å². The zero-order valence-electron chi connectivity index (χ0n) is 9.97. The molecule has 6 heteroatoms. The first-order chi connectivity index (χ1) is 8.69. The molecule has 0 fully saturated rings. The van der Waals surface area contributed by atoms with Crippen molar-refractivity contribution in [2.75, 3.05) is 19.5 Å². The van der Waals surface area contributed by atoms with Crippen LogP contribution in [-0.2, 0) is 6.54 Å². The molecule has 0 atom stereocenters. The summed E-state index contributed by atoms with van der Waals surface area (Å²) in [6, 6.07) is 7.33. The minimum absolute atomic E-state index is 0.514. The molecule has 0 aliphatic rings. The summed E-state index contributed by atoms with van der Waals surface area (Å²) in [5.74, 6) is 2.07. The summed E-state index contributed by atoms with van der Waals surface area (Å²) in [7, 11) is 1.63. The van der Waals surface area contributed by atoms with Gasteiger partial charge in [-0.05, 0) is 40.2 Å². The van der Waals surface area contributed by atoms with Gasteiger partial charge < -0.3 is 15.2 Å². The standard InChI is InChI=1S/C12H14BrN3O2/c1-17-9-2-3-11(10(13)8-9)18-7-6-16-5-4-12(14)15-16/h2-5,8H,6-7H2,1H3,(H2,14,15). The Morgan fingerprint density at radius 2 is 2.22 bits per heavy atom. The molecular weight excluding hydrogens is 298 g/mol. The predicted molar refractivity (Wildman–Crippen MR) is 72.8 cm³/mol. The highest BCUT2D eigenvalue weighted by molar-refractivity contribution is 9.10. The number of halogens is 1. The summed E-state index contributed by atoms with van der Waals surface area (Å²) in [6.45, 7) is 1.17. The Kier molecular flexibility index (Phi) is 4.09. The van der Waals surface area contributed by atoms with Crippen molar-refractivity contribution < 1.29 is 9.47 Å². The zero-order chi connectivity index (χ0) is 13.0. The molecule has 0 spiro atoms. The van der Waals surface area contributed by atoms with E-state index in [1.807, 2.05) is 24.4 Å². The molecule has 2 rings (SSSR count). The Bertz CT molecular complexity index is 528. The van der Waals surface area contributed by atoms with Crippen LogP contribution in [0.5, 0.6) is 11.5 Å². The highest BCUT2D eigenvalue weighted by atomic mass is 79.9. The fourth-order valence-electron chi connectivity index (χ4n) is 1.48. The van der Waals surface area contributed by atoms with E-state index in [1.165, 1.54) is 0 Å². The van der Waals surface area contributed by atoms with Crippen LogP contribution in [0.2, 0.25) is 0 Å². The minimum atomic E-state index is 0.514. The molecule has 1 aromatic heterocycles. The van der Waals surface area contributed by atoms with Crippen LogP contribution in [0.3, 0.4) is 0 Å². The fourth-order valence-corrected chi connectivity index (χ4v) is 1.95. The van der Waals surface area contributed by atoms with Gasteiger partial charge in [-0.25, -0.2) is 0 Å². The van der Waals surface area contributed by atoms with E-state index in [1.54, 1.807) is 17.9 Å². The van der Waals surface area contributed by atoms with Crippen LogP contribution in [0.4, 0.5) is 5.82 Å². The number of hydrogen-bond donors (Lipinski definition) is 1. The van der Waals surface area contributed by atoms with Crippen LogP contribution in [0.15, 0.2) is 34.9 Å². The third-order valence-corrected chi connectivity index (χ3v) is 3.00. The number of rotatable bonds is 5. The highest BCUT2D eigenvalue weighted by Gasteiger charge is 2.03. The topological polar surface area (TPSA) is 62.3 Å². The van der Waals surface area contributed by atoms with Crippen molar-refractivity contribution in [3.05, 3.63) is 34.9 Å². The van der Waals surface area contributed by atoms with E-state index in [2.05, 4.69) is 21.0 Å². The Hall–Kier alpha value is -1.69. The Morgan fingerprint density at radius 1 is 1.39 bits per heavy atom. The van der Waals surface area contributed by atoms with Crippen molar-refractivity contribution in [1.29, 1.82) is 0 Å². The Morgan fingerprint density at radius 3 is 2.83 bits per heavy atom. The summed E-state index contributed by atoms with van der Waals surface area (Å²) in [6.07, 6.45) is 1.82. The van der Waals surface area contributed by atoms with E-state index < -0.39 is 0 Å². The zero-order valence-corrected chi connectivity index (χ0v) is 11.6. The molecule has 5 nitrogen and oxygen atoms in total. The normalized spacial score (nSPS) is 10.3. The lowest BCUT2D eigenvalue weighted by Crippen LogP contribution is -2.09. The van der Waals surface area contributed by atoms with Crippen molar-refractivity contribution in [3.63, 3.8) is 0 Å². The third kappa shape index (κ3) is 3.16. The van der Waals surface area contributed by atoms with Crippen molar-refractivity contribution >= 4 is 21.7 Å². The number of anilines is 1. The second kappa shape index (κ2) is 5.77. The maximum Gasteiger partial charge on any atom is 0.145 e. The van der Waals surface area contributed by atoms with Crippen molar-refractivity contribution in [3.8, 4) is 11.5 Å². The SMILES string of the molecule is COc1ccc(OCCn2ccc(N)n2)c(Br)c1. The van der Waals surface area contributed by atoms with E-state index in [0.717, 1.165) is 16.0 Å². The number of nitrogens with two attached hydrogens (primary N) is 1. The first-order valence-corrected chi connectivity index (χ1v) is 6.23. The number of benzene rings is 1. The van der Waals surface area contributed by atoms with Crippen LogP contribution >= 0.6 is 15.9 Å². The monoisotopic (exact) mass is 311 g/mol. The molecular formula is C12H14BrN3O2. The Balaban J connectivity index is 1.90. The van der Waals surface area contributed by atoms with Crippen LogP contribution in [0.1, 0.15) is 0 Å². The lowest BCUT2D eigenvalue weighted by atomic mass is 10.3. The largest absolute Gasteiger partial charge is 0.497 e. The number of nitrogen functional groups attached to an aromatic ring is 1. The molecule has 0 bridgehead atoms. The van der Waals surface area contributed by atoms with Gasteiger partial charge in [-0.15, -0.1) is 0 Å². The van der Waals surface area contributed by atoms with Gasteiger partial charge in [-0.3, -0.25) is 4.68 Å². The number of hydrogen-bond acceptors (Lipinski definition) is 4. The second-order valence-corrected chi connectivity index (χ2v) is 4.50. The molecule has 18 heavy (non-hydrogen) atoms. The third-order valence-electron chi connectivity index (χ3n) is 2.38. The van der Waals surface area contributed by atoms with E-state index in [4.69, 9.17) is 15.2 Å². The van der Waals surface area contributed by atoms with Gasteiger partial charge in [0.2, 0.25) is 0 Å². The van der Waals surface area contributed by atoms with Crippen LogP contribution in [0.25, 0.3) is 0 Å². The summed E-state index contributed by atoms with van der Waals surface area (Å²) in [4.78, 5) is 0. The molecule has 0 aliphatic heterocycles. The fraction of sp³-hybridized carbons (Fsp3) is 0.250. The quantitative estimate of drug-likeness (QED) is 0.920. The van der Waals surface area contributed by atoms with Gasteiger partial charge in [0.1, 0.15) is 23.9 Å². The summed E-state index contributed by atoms with van der Waals surface area (Å²) in [5.41, 5.74) is 5.52. The molecule has 2 aromatic rings. The summed E-state index contributed by atoms with van der Waals surface area (Å²) >= 11 is 3.43. The first kappa shape index (κ1) is 12.8. The molecule has 2 N–H and O–H groups in total. The van der Waals surface area contributed by atoms with E-state index in [-0.39, 0.29) is 0 Å². The maximum atomic E-state index is 5.65. The van der Waals surface area contributed by atoms with Crippen LogP contribution < -0.4 is 15.2 Å². The average Bonchev–Trinajstić information content (AvgIpc) is 2.77. The summed E-state index contributed by atoms with van der Waals surface area (Å²) < 4.78 is 13.4. The van der Waals surface area contributed by atoms with Crippen LogP contribution in [-0.4, -0.2) is 23.5 Å². The molecule has 0 saturated carbocycles. The molecule has 1 aromatic carbocycles. The lowest BCUT2D eigenvalue weighted by Gasteiger charge is -2.09. The molecule has 0 aliphatic carbocycles. The number of methoxy groups -OCH3 is 1. The predicted octanol–water partition coefficient (Wildman–Crippen LogP) is 2.32. The van der Waals surface area contributed by atoms with Gasteiger partial charge in [0.05, 0.1) is 18.1 Å². The number of ether oxygens (including phenoxy) is 2.